The molecule has 66 valence electrons. The van der Waals surface area contributed by atoms with Crippen molar-refractivity contribution in [3.8, 4) is 0 Å². The molecule has 0 amide bonds. The van der Waals surface area contributed by atoms with Gasteiger partial charge < -0.3 is 16.2 Å². The predicted octanol–water partition coefficient (Wildman–Crippen LogP) is 0.376. The van der Waals surface area contributed by atoms with Gasteiger partial charge >= 0.3 is 0 Å². The summed E-state index contributed by atoms with van der Waals surface area (Å²) in [6.45, 7) is 2.49. The topological polar surface area (TPSA) is 71.2 Å². The van der Waals surface area contributed by atoms with Crippen molar-refractivity contribution in [1.29, 1.82) is 0 Å². The third-order valence-corrected chi connectivity index (χ3v) is 1.56. The number of hydrogen-bond donors (Lipinski definition) is 3. The highest BCUT2D eigenvalue weighted by molar-refractivity contribution is 5.53. The van der Waals surface area contributed by atoms with Gasteiger partial charge in [0.05, 0.1) is 6.61 Å². The van der Waals surface area contributed by atoms with Crippen molar-refractivity contribution in [2.24, 2.45) is 0 Å². The van der Waals surface area contributed by atoms with Gasteiger partial charge in [-0.05, 0) is 12.5 Å². The maximum Gasteiger partial charge on any atom is 0.128 e. The van der Waals surface area contributed by atoms with Crippen molar-refractivity contribution >= 4 is 11.5 Å². The second-order valence-electron chi connectivity index (χ2n) is 2.58. The van der Waals surface area contributed by atoms with E-state index in [1.807, 2.05) is 6.92 Å². The first-order valence-corrected chi connectivity index (χ1v) is 3.81. The zero-order valence-electron chi connectivity index (χ0n) is 7.04. The Kier molecular flexibility index (Phi) is 2.88. The number of rotatable bonds is 3. The fourth-order valence-electron chi connectivity index (χ4n) is 0.820. The van der Waals surface area contributed by atoms with Crippen molar-refractivity contribution < 1.29 is 5.11 Å². The van der Waals surface area contributed by atoms with Gasteiger partial charge in [0.25, 0.3) is 0 Å². The quantitative estimate of drug-likeness (QED) is 0.608. The fourth-order valence-corrected chi connectivity index (χ4v) is 0.820. The van der Waals surface area contributed by atoms with E-state index in [4.69, 9.17) is 10.8 Å². The molecule has 12 heavy (non-hydrogen) atoms. The SMILES string of the molecule is Cc1cnc(NCCO)cc1N. The Morgan fingerprint density at radius 2 is 2.42 bits per heavy atom. The van der Waals surface area contributed by atoms with Gasteiger partial charge in [-0.2, -0.15) is 0 Å². The first kappa shape index (κ1) is 8.80. The van der Waals surface area contributed by atoms with Gasteiger partial charge in [-0.15, -0.1) is 0 Å². The van der Waals surface area contributed by atoms with Crippen LogP contribution in [0.15, 0.2) is 12.3 Å². The molecule has 1 heterocycles. The van der Waals surface area contributed by atoms with E-state index >= 15 is 0 Å². The molecule has 0 unspecified atom stereocenters. The molecule has 4 heteroatoms. The first-order valence-electron chi connectivity index (χ1n) is 3.81. The molecule has 0 aromatic carbocycles. The lowest BCUT2D eigenvalue weighted by molar-refractivity contribution is 0.311. The van der Waals surface area contributed by atoms with Crippen LogP contribution in [0.25, 0.3) is 0 Å². The lowest BCUT2D eigenvalue weighted by Gasteiger charge is -2.05. The van der Waals surface area contributed by atoms with E-state index in [0.29, 0.717) is 18.1 Å². The fraction of sp³-hybridized carbons (Fsp3) is 0.375. The molecule has 0 aliphatic rings. The van der Waals surface area contributed by atoms with Crippen molar-refractivity contribution in [2.45, 2.75) is 6.92 Å². The molecular weight excluding hydrogens is 154 g/mol. The summed E-state index contributed by atoms with van der Waals surface area (Å²) < 4.78 is 0. The van der Waals surface area contributed by atoms with E-state index in [1.165, 1.54) is 0 Å². The van der Waals surface area contributed by atoms with Gasteiger partial charge in [0.1, 0.15) is 5.82 Å². The number of nitrogens with zero attached hydrogens (tertiary/aromatic N) is 1. The number of nitrogens with one attached hydrogen (secondary N) is 1. The van der Waals surface area contributed by atoms with Gasteiger partial charge in [-0.3, -0.25) is 0 Å². The highest BCUT2D eigenvalue weighted by Gasteiger charge is 1.96. The van der Waals surface area contributed by atoms with Crippen LogP contribution < -0.4 is 11.1 Å². The van der Waals surface area contributed by atoms with Gasteiger partial charge in [0.2, 0.25) is 0 Å². The van der Waals surface area contributed by atoms with Crippen LogP contribution >= 0.6 is 0 Å². The van der Waals surface area contributed by atoms with Crippen LogP contribution in [0.1, 0.15) is 5.56 Å². The molecule has 0 radical (unpaired) electrons. The Labute approximate surface area is 71.4 Å². The number of aliphatic hydroxyl groups is 1. The summed E-state index contributed by atoms with van der Waals surface area (Å²) in [4.78, 5) is 4.07. The molecule has 0 saturated heterocycles. The van der Waals surface area contributed by atoms with Crippen LogP contribution in [0.2, 0.25) is 0 Å². The van der Waals surface area contributed by atoms with Crippen LogP contribution in [-0.2, 0) is 0 Å². The molecule has 0 aliphatic heterocycles. The van der Waals surface area contributed by atoms with Gasteiger partial charge in [-0.25, -0.2) is 4.98 Å². The average molecular weight is 167 g/mol. The van der Waals surface area contributed by atoms with Crippen molar-refractivity contribution in [2.75, 3.05) is 24.2 Å². The van der Waals surface area contributed by atoms with E-state index in [-0.39, 0.29) is 6.61 Å². The second-order valence-corrected chi connectivity index (χ2v) is 2.58. The summed E-state index contributed by atoms with van der Waals surface area (Å²) in [5, 5.41) is 11.5. The number of anilines is 2. The highest BCUT2D eigenvalue weighted by atomic mass is 16.3. The summed E-state index contributed by atoms with van der Waals surface area (Å²) in [5.74, 6) is 0.701. The molecule has 0 fully saturated rings. The molecule has 1 aromatic rings. The maximum atomic E-state index is 8.53. The molecule has 4 nitrogen and oxygen atoms in total. The van der Waals surface area contributed by atoms with Crippen LogP contribution in [0.4, 0.5) is 11.5 Å². The van der Waals surface area contributed by atoms with Gasteiger partial charge in [0.15, 0.2) is 0 Å². The van der Waals surface area contributed by atoms with Crippen molar-refractivity contribution in [3.05, 3.63) is 17.8 Å². The molecule has 0 aliphatic carbocycles. The predicted molar refractivity (Wildman–Crippen MR) is 49.0 cm³/mol. The molecule has 1 aromatic heterocycles. The van der Waals surface area contributed by atoms with Crippen LogP contribution in [-0.4, -0.2) is 23.2 Å². The molecular formula is C8H13N3O. The summed E-state index contributed by atoms with van der Waals surface area (Å²) in [6.07, 6.45) is 1.70. The monoisotopic (exact) mass is 167 g/mol. The lowest BCUT2D eigenvalue weighted by atomic mass is 10.2. The van der Waals surface area contributed by atoms with Crippen molar-refractivity contribution in [1.82, 2.24) is 4.98 Å². The van der Waals surface area contributed by atoms with E-state index < -0.39 is 0 Å². The van der Waals surface area contributed by atoms with E-state index in [2.05, 4.69) is 10.3 Å². The number of aromatic nitrogens is 1. The standard InChI is InChI=1S/C8H13N3O/c1-6-5-11-8(4-7(6)9)10-2-3-12/h4-5,12H,2-3H2,1H3,(H3,9,10,11). The number of aryl methyl sites for hydroxylation is 1. The number of hydrogen-bond acceptors (Lipinski definition) is 4. The Morgan fingerprint density at radius 3 is 3.00 bits per heavy atom. The van der Waals surface area contributed by atoms with Crippen LogP contribution in [0.5, 0.6) is 0 Å². The first-order chi connectivity index (χ1) is 5.74. The maximum absolute atomic E-state index is 8.53. The molecule has 0 bridgehead atoms. The minimum atomic E-state index is 0.0927. The third kappa shape index (κ3) is 2.10. The van der Waals surface area contributed by atoms with E-state index in [9.17, 15) is 0 Å². The third-order valence-electron chi connectivity index (χ3n) is 1.56. The molecule has 0 atom stereocenters. The zero-order valence-corrected chi connectivity index (χ0v) is 7.04. The minimum Gasteiger partial charge on any atom is -0.398 e. The Bertz CT molecular complexity index is 262. The normalized spacial score (nSPS) is 9.83. The zero-order chi connectivity index (χ0) is 8.97. The number of pyridine rings is 1. The van der Waals surface area contributed by atoms with Gasteiger partial charge in [0, 0.05) is 24.5 Å². The van der Waals surface area contributed by atoms with E-state index in [1.54, 1.807) is 12.3 Å². The van der Waals surface area contributed by atoms with E-state index in [0.717, 1.165) is 5.56 Å². The molecule has 0 spiro atoms. The Hall–Kier alpha value is -1.29. The Balaban J connectivity index is 2.69. The highest BCUT2D eigenvalue weighted by Crippen LogP contribution is 2.12. The van der Waals surface area contributed by atoms with Crippen LogP contribution in [0.3, 0.4) is 0 Å². The molecule has 1 rings (SSSR count). The second kappa shape index (κ2) is 3.92. The Morgan fingerprint density at radius 1 is 1.67 bits per heavy atom. The van der Waals surface area contributed by atoms with Crippen molar-refractivity contribution in [3.63, 3.8) is 0 Å². The number of aliphatic hydroxyl groups excluding tert-OH is 1. The summed E-state index contributed by atoms with van der Waals surface area (Å²) in [7, 11) is 0. The number of nitrogens with two attached hydrogens (primary N) is 1. The summed E-state index contributed by atoms with van der Waals surface area (Å²) in [6, 6.07) is 1.75. The van der Waals surface area contributed by atoms with Gasteiger partial charge in [-0.1, -0.05) is 0 Å². The largest absolute Gasteiger partial charge is 0.398 e. The molecule has 0 saturated carbocycles. The lowest BCUT2D eigenvalue weighted by Crippen LogP contribution is -2.07. The summed E-state index contributed by atoms with van der Waals surface area (Å²) in [5.41, 5.74) is 7.33. The molecule has 4 N–H and O–H groups in total. The van der Waals surface area contributed by atoms with Crippen LogP contribution in [0, 0.1) is 6.92 Å². The number of nitrogen functional groups attached to an aromatic ring is 1. The average Bonchev–Trinajstić information content (AvgIpc) is 2.07. The minimum absolute atomic E-state index is 0.0927. The summed E-state index contributed by atoms with van der Waals surface area (Å²) >= 11 is 0. The smallest absolute Gasteiger partial charge is 0.128 e.